The molecule has 8 heteroatoms. The fourth-order valence-corrected chi connectivity index (χ4v) is 5.19. The number of benzene rings is 2. The van der Waals surface area contributed by atoms with E-state index in [-0.39, 0.29) is 25.1 Å². The molecular formula is C23H32N2O5S. The lowest BCUT2D eigenvalue weighted by atomic mass is 10.1. The Balaban J connectivity index is 1.82. The summed E-state index contributed by atoms with van der Waals surface area (Å²) in [6.45, 7) is 3.89. The number of likely N-dealkylation sites (tertiary alicyclic amines) is 1. The molecule has 0 unspecified atom stereocenters. The van der Waals surface area contributed by atoms with Gasteiger partial charge in [-0.25, -0.2) is 8.42 Å². The van der Waals surface area contributed by atoms with Gasteiger partial charge in [-0.05, 0) is 36.6 Å². The number of ether oxygens (including phenoxy) is 1. The fourth-order valence-electron chi connectivity index (χ4n) is 3.79. The first kappa shape index (κ1) is 23.7. The van der Waals surface area contributed by atoms with Crippen molar-refractivity contribution in [2.45, 2.75) is 31.2 Å². The maximum absolute atomic E-state index is 13.3. The number of rotatable bonds is 10. The van der Waals surface area contributed by atoms with Crippen LogP contribution in [-0.2, 0) is 15.8 Å². The molecule has 2 aromatic carbocycles. The predicted octanol–water partition coefficient (Wildman–Crippen LogP) is 1.94. The van der Waals surface area contributed by atoms with Crippen LogP contribution in [0.25, 0.3) is 0 Å². The molecule has 0 saturated carbocycles. The van der Waals surface area contributed by atoms with Gasteiger partial charge >= 0.3 is 0 Å². The minimum Gasteiger partial charge on any atom is -0.491 e. The van der Waals surface area contributed by atoms with Crippen LogP contribution in [0, 0.1) is 6.92 Å². The molecule has 2 atom stereocenters. The fraction of sp³-hybridized carbons (Fsp3) is 0.478. The Labute approximate surface area is 184 Å². The van der Waals surface area contributed by atoms with Crippen molar-refractivity contribution in [3.05, 3.63) is 65.2 Å². The summed E-state index contributed by atoms with van der Waals surface area (Å²) in [5.41, 5.74) is 2.69. The van der Waals surface area contributed by atoms with E-state index >= 15 is 0 Å². The predicted molar refractivity (Wildman–Crippen MR) is 120 cm³/mol. The second kappa shape index (κ2) is 10.6. The molecule has 0 amide bonds. The highest BCUT2D eigenvalue weighted by Crippen LogP contribution is 2.28. The molecule has 2 N–H and O–H groups in total. The van der Waals surface area contributed by atoms with Crippen LogP contribution in [0.2, 0.25) is 0 Å². The van der Waals surface area contributed by atoms with Crippen molar-refractivity contribution < 1.29 is 23.4 Å². The standard InChI is InChI=1S/C23H32N2O5S/c1-18-3-5-19(6-4-18)17-31(28,29)24(2)23(16-25-12-11-21(27)15-25)20-7-9-22(10-8-20)30-14-13-26/h3-10,21,23,26-27H,11-17H2,1-2H3/t21-,23+/m0/s1. The molecule has 0 aromatic heterocycles. The maximum Gasteiger partial charge on any atom is 0.218 e. The number of aliphatic hydroxyl groups is 2. The van der Waals surface area contributed by atoms with E-state index in [2.05, 4.69) is 4.90 Å². The van der Waals surface area contributed by atoms with Crippen molar-refractivity contribution in [2.24, 2.45) is 0 Å². The third-order valence-electron chi connectivity index (χ3n) is 5.65. The number of aryl methyl sites for hydroxylation is 1. The zero-order valence-electron chi connectivity index (χ0n) is 18.1. The third-order valence-corrected chi connectivity index (χ3v) is 7.48. The van der Waals surface area contributed by atoms with Crippen LogP contribution in [-0.4, -0.2) is 73.8 Å². The van der Waals surface area contributed by atoms with Gasteiger partial charge in [-0.2, -0.15) is 4.31 Å². The molecule has 1 aliphatic rings. The van der Waals surface area contributed by atoms with Gasteiger partial charge in [0.15, 0.2) is 0 Å². The molecule has 7 nitrogen and oxygen atoms in total. The van der Waals surface area contributed by atoms with E-state index in [0.717, 1.165) is 23.2 Å². The second-order valence-corrected chi connectivity index (χ2v) is 10.1. The van der Waals surface area contributed by atoms with Crippen molar-refractivity contribution in [2.75, 3.05) is 39.9 Å². The van der Waals surface area contributed by atoms with Gasteiger partial charge in [-0.1, -0.05) is 42.0 Å². The molecule has 3 rings (SSSR count). The van der Waals surface area contributed by atoms with Gasteiger partial charge in [-0.3, -0.25) is 4.90 Å². The first-order chi connectivity index (χ1) is 14.8. The maximum atomic E-state index is 13.3. The van der Waals surface area contributed by atoms with Crippen LogP contribution in [0.4, 0.5) is 0 Å². The summed E-state index contributed by atoms with van der Waals surface area (Å²) >= 11 is 0. The lowest BCUT2D eigenvalue weighted by Crippen LogP contribution is -2.39. The van der Waals surface area contributed by atoms with Gasteiger partial charge < -0.3 is 14.9 Å². The van der Waals surface area contributed by atoms with Crippen LogP contribution in [0.15, 0.2) is 48.5 Å². The van der Waals surface area contributed by atoms with Crippen LogP contribution in [0.5, 0.6) is 5.75 Å². The molecule has 0 aliphatic carbocycles. The van der Waals surface area contributed by atoms with Crippen LogP contribution >= 0.6 is 0 Å². The van der Waals surface area contributed by atoms with Gasteiger partial charge in [0, 0.05) is 26.7 Å². The molecule has 170 valence electrons. The van der Waals surface area contributed by atoms with E-state index in [4.69, 9.17) is 9.84 Å². The summed E-state index contributed by atoms with van der Waals surface area (Å²) in [5.74, 6) is 0.555. The topological polar surface area (TPSA) is 90.3 Å². The summed E-state index contributed by atoms with van der Waals surface area (Å²) < 4.78 is 33.4. The van der Waals surface area contributed by atoms with Crippen LogP contribution in [0.3, 0.4) is 0 Å². The molecule has 31 heavy (non-hydrogen) atoms. The van der Waals surface area contributed by atoms with Crippen molar-refractivity contribution in [3.63, 3.8) is 0 Å². The Bertz CT molecular complexity index is 931. The SMILES string of the molecule is Cc1ccc(CS(=O)(=O)N(C)[C@H](CN2CC[C@H](O)C2)c2ccc(OCCO)cc2)cc1. The first-order valence-corrected chi connectivity index (χ1v) is 12.1. The zero-order valence-corrected chi connectivity index (χ0v) is 19.0. The van der Waals surface area contributed by atoms with E-state index in [1.54, 1.807) is 19.2 Å². The first-order valence-electron chi connectivity index (χ1n) is 10.5. The Hall–Kier alpha value is -1.97. The Morgan fingerprint density at radius 3 is 2.42 bits per heavy atom. The van der Waals surface area contributed by atoms with E-state index in [0.29, 0.717) is 25.3 Å². The van der Waals surface area contributed by atoms with E-state index in [9.17, 15) is 13.5 Å². The van der Waals surface area contributed by atoms with Gasteiger partial charge in [0.1, 0.15) is 12.4 Å². The van der Waals surface area contributed by atoms with Gasteiger partial charge in [0.25, 0.3) is 0 Å². The number of sulfonamides is 1. The molecular weight excluding hydrogens is 416 g/mol. The second-order valence-electron chi connectivity index (χ2n) is 8.12. The van der Waals surface area contributed by atoms with Crippen molar-refractivity contribution >= 4 is 10.0 Å². The zero-order chi connectivity index (χ0) is 22.4. The Kier molecular flexibility index (Phi) is 8.07. The average molecular weight is 449 g/mol. The number of nitrogens with zero attached hydrogens (tertiary/aromatic N) is 2. The third kappa shape index (κ3) is 6.51. The lowest BCUT2D eigenvalue weighted by molar-refractivity contribution is 0.167. The number of hydrogen-bond donors (Lipinski definition) is 2. The summed E-state index contributed by atoms with van der Waals surface area (Å²) in [6, 6.07) is 14.4. The number of β-amino-alcohol motifs (C(OH)–C–C–N with tert-alkyl or cyclic N) is 1. The minimum absolute atomic E-state index is 0.0678. The summed E-state index contributed by atoms with van der Waals surface area (Å²) in [7, 11) is -1.95. The summed E-state index contributed by atoms with van der Waals surface area (Å²) in [6.07, 6.45) is 0.324. The minimum atomic E-state index is -3.57. The molecule has 1 aliphatic heterocycles. The number of hydrogen-bond acceptors (Lipinski definition) is 6. The largest absolute Gasteiger partial charge is 0.491 e. The molecule has 1 saturated heterocycles. The van der Waals surface area contributed by atoms with Crippen molar-refractivity contribution in [1.82, 2.24) is 9.21 Å². The molecule has 0 spiro atoms. The molecule has 0 radical (unpaired) electrons. The highest BCUT2D eigenvalue weighted by molar-refractivity contribution is 7.88. The molecule has 2 aromatic rings. The van der Waals surface area contributed by atoms with Crippen LogP contribution < -0.4 is 4.74 Å². The summed E-state index contributed by atoms with van der Waals surface area (Å²) in [4.78, 5) is 2.10. The van der Waals surface area contributed by atoms with E-state index in [1.807, 2.05) is 43.3 Å². The van der Waals surface area contributed by atoms with E-state index < -0.39 is 16.1 Å². The smallest absolute Gasteiger partial charge is 0.218 e. The highest BCUT2D eigenvalue weighted by atomic mass is 32.2. The van der Waals surface area contributed by atoms with Gasteiger partial charge in [-0.15, -0.1) is 0 Å². The Morgan fingerprint density at radius 2 is 1.84 bits per heavy atom. The summed E-state index contributed by atoms with van der Waals surface area (Å²) in [5, 5.41) is 18.8. The van der Waals surface area contributed by atoms with E-state index in [1.165, 1.54) is 4.31 Å². The number of aliphatic hydroxyl groups excluding tert-OH is 2. The van der Waals surface area contributed by atoms with Crippen LogP contribution in [0.1, 0.15) is 29.2 Å². The Morgan fingerprint density at radius 1 is 1.16 bits per heavy atom. The number of likely N-dealkylation sites (N-methyl/N-ethyl adjacent to an activating group) is 1. The van der Waals surface area contributed by atoms with Crippen molar-refractivity contribution in [3.8, 4) is 5.75 Å². The van der Waals surface area contributed by atoms with Crippen molar-refractivity contribution in [1.29, 1.82) is 0 Å². The van der Waals surface area contributed by atoms with Gasteiger partial charge in [0.05, 0.1) is 24.5 Å². The highest BCUT2D eigenvalue weighted by Gasteiger charge is 2.31. The quantitative estimate of drug-likeness (QED) is 0.577. The molecule has 0 bridgehead atoms. The van der Waals surface area contributed by atoms with Gasteiger partial charge in [0.2, 0.25) is 10.0 Å². The molecule has 1 heterocycles. The average Bonchev–Trinajstić information content (AvgIpc) is 3.17. The monoisotopic (exact) mass is 448 g/mol. The molecule has 1 fully saturated rings. The normalized spacial score (nSPS) is 18.4. The lowest BCUT2D eigenvalue weighted by Gasteiger charge is -2.31.